The molecular formula is C28H28O5. The fourth-order valence-corrected chi connectivity index (χ4v) is 4.13. The van der Waals surface area contributed by atoms with Gasteiger partial charge in [0.05, 0.1) is 26.1 Å². The van der Waals surface area contributed by atoms with Gasteiger partial charge < -0.3 is 23.7 Å². The van der Waals surface area contributed by atoms with Gasteiger partial charge in [-0.3, -0.25) is 0 Å². The fourth-order valence-electron chi connectivity index (χ4n) is 4.13. The first-order chi connectivity index (χ1) is 16.4. The molecule has 3 aromatic rings. The molecule has 0 amide bonds. The van der Waals surface area contributed by atoms with Gasteiger partial charge in [-0.05, 0) is 17.2 Å². The summed E-state index contributed by atoms with van der Waals surface area (Å²) in [6, 6.07) is 30.2. The average Bonchev–Trinajstić information content (AvgIpc) is 3.06. The normalized spacial score (nSPS) is 26.7. The van der Waals surface area contributed by atoms with Crippen LogP contribution in [-0.4, -0.2) is 31.0 Å². The van der Waals surface area contributed by atoms with Crippen LogP contribution in [0.2, 0.25) is 0 Å². The Bertz CT molecular complexity index is 1010. The zero-order chi connectivity index (χ0) is 22.3. The van der Waals surface area contributed by atoms with Crippen molar-refractivity contribution in [2.45, 2.75) is 43.9 Å². The molecule has 33 heavy (non-hydrogen) atoms. The molecule has 1 saturated heterocycles. The van der Waals surface area contributed by atoms with E-state index in [2.05, 4.69) is 24.3 Å². The van der Waals surface area contributed by atoms with Crippen molar-refractivity contribution in [2.75, 3.05) is 6.61 Å². The van der Waals surface area contributed by atoms with Crippen molar-refractivity contribution in [1.29, 1.82) is 0 Å². The number of rotatable bonds is 7. The highest BCUT2D eigenvalue weighted by Gasteiger charge is 2.44. The molecule has 0 aromatic heterocycles. The Morgan fingerprint density at radius 3 is 2.00 bits per heavy atom. The lowest BCUT2D eigenvalue weighted by Crippen LogP contribution is -2.52. The van der Waals surface area contributed by atoms with Gasteiger partial charge in [0.1, 0.15) is 24.4 Å². The van der Waals surface area contributed by atoms with Crippen LogP contribution in [0.25, 0.3) is 0 Å². The SMILES string of the molecule is C1=C[C@H](OCc2ccccc2)[C@@H](OCc2ccccc2)[C@@H]2OC(c3ccccc3)OC[C@H]2O1. The topological polar surface area (TPSA) is 46.2 Å². The van der Waals surface area contributed by atoms with Gasteiger partial charge in [-0.1, -0.05) is 91.0 Å². The van der Waals surface area contributed by atoms with E-state index < -0.39 is 6.29 Å². The summed E-state index contributed by atoms with van der Waals surface area (Å²) in [6.45, 7) is 1.33. The van der Waals surface area contributed by atoms with E-state index >= 15 is 0 Å². The van der Waals surface area contributed by atoms with Crippen molar-refractivity contribution in [2.24, 2.45) is 0 Å². The third kappa shape index (κ3) is 5.52. The first-order valence-corrected chi connectivity index (χ1v) is 11.3. The summed E-state index contributed by atoms with van der Waals surface area (Å²) >= 11 is 0. The van der Waals surface area contributed by atoms with Gasteiger partial charge in [0.2, 0.25) is 0 Å². The lowest BCUT2D eigenvalue weighted by molar-refractivity contribution is -0.287. The predicted molar refractivity (Wildman–Crippen MR) is 124 cm³/mol. The highest BCUT2D eigenvalue weighted by atomic mass is 16.7. The van der Waals surface area contributed by atoms with Gasteiger partial charge in [-0.2, -0.15) is 0 Å². The van der Waals surface area contributed by atoms with E-state index in [-0.39, 0.29) is 24.4 Å². The zero-order valence-corrected chi connectivity index (χ0v) is 18.4. The largest absolute Gasteiger partial charge is 0.493 e. The summed E-state index contributed by atoms with van der Waals surface area (Å²) in [5.74, 6) is 0. The van der Waals surface area contributed by atoms with E-state index in [1.165, 1.54) is 0 Å². The second-order valence-corrected chi connectivity index (χ2v) is 8.20. The number of ether oxygens (including phenoxy) is 5. The smallest absolute Gasteiger partial charge is 0.184 e. The zero-order valence-electron chi connectivity index (χ0n) is 18.4. The molecule has 2 aliphatic heterocycles. The van der Waals surface area contributed by atoms with Crippen molar-refractivity contribution in [1.82, 2.24) is 0 Å². The Morgan fingerprint density at radius 1 is 0.727 bits per heavy atom. The summed E-state index contributed by atoms with van der Waals surface area (Å²) in [5, 5.41) is 0. The first kappa shape index (κ1) is 21.9. The molecule has 0 aliphatic carbocycles. The molecule has 0 spiro atoms. The third-order valence-electron chi connectivity index (χ3n) is 5.87. The molecule has 1 fully saturated rings. The van der Waals surface area contributed by atoms with Gasteiger partial charge in [-0.15, -0.1) is 0 Å². The van der Waals surface area contributed by atoms with Gasteiger partial charge in [0.25, 0.3) is 0 Å². The Hall–Kier alpha value is -2.96. The molecule has 0 radical (unpaired) electrons. The molecule has 170 valence electrons. The number of benzene rings is 3. The molecule has 3 aromatic carbocycles. The molecule has 1 unspecified atom stereocenters. The van der Waals surface area contributed by atoms with Crippen molar-refractivity contribution in [3.63, 3.8) is 0 Å². The van der Waals surface area contributed by atoms with Crippen LogP contribution < -0.4 is 0 Å². The number of hydrogen-bond donors (Lipinski definition) is 0. The fraction of sp³-hybridized carbons (Fsp3) is 0.286. The van der Waals surface area contributed by atoms with E-state index in [0.29, 0.717) is 19.8 Å². The van der Waals surface area contributed by atoms with Crippen LogP contribution >= 0.6 is 0 Å². The summed E-state index contributed by atoms with van der Waals surface area (Å²) in [7, 11) is 0. The molecular weight excluding hydrogens is 416 g/mol. The van der Waals surface area contributed by atoms with E-state index in [1.807, 2.05) is 72.8 Å². The molecule has 5 atom stereocenters. The summed E-state index contributed by atoms with van der Waals surface area (Å²) < 4.78 is 31.2. The first-order valence-electron chi connectivity index (χ1n) is 11.3. The van der Waals surface area contributed by atoms with E-state index in [9.17, 15) is 0 Å². The lowest BCUT2D eigenvalue weighted by atomic mass is 10.0. The van der Waals surface area contributed by atoms with Gasteiger partial charge in [0.15, 0.2) is 6.29 Å². The van der Waals surface area contributed by atoms with Crippen molar-refractivity contribution < 1.29 is 23.7 Å². The minimum absolute atomic E-state index is 0.285. The van der Waals surface area contributed by atoms with Crippen LogP contribution in [0.3, 0.4) is 0 Å². The minimum atomic E-state index is -0.480. The van der Waals surface area contributed by atoms with E-state index in [0.717, 1.165) is 16.7 Å². The maximum absolute atomic E-state index is 6.47. The summed E-state index contributed by atoms with van der Waals surface area (Å²) in [4.78, 5) is 0. The molecule has 0 saturated carbocycles. The molecule has 0 N–H and O–H groups in total. The Morgan fingerprint density at radius 2 is 1.33 bits per heavy atom. The van der Waals surface area contributed by atoms with Gasteiger partial charge in [0, 0.05) is 5.56 Å². The van der Waals surface area contributed by atoms with E-state index in [1.54, 1.807) is 6.26 Å². The monoisotopic (exact) mass is 444 g/mol. The Kier molecular flexibility index (Phi) is 7.14. The average molecular weight is 445 g/mol. The Balaban J connectivity index is 1.37. The maximum Gasteiger partial charge on any atom is 0.184 e. The van der Waals surface area contributed by atoms with Gasteiger partial charge >= 0.3 is 0 Å². The molecule has 2 heterocycles. The number of fused-ring (bicyclic) bond motifs is 1. The summed E-state index contributed by atoms with van der Waals surface area (Å²) in [5.41, 5.74) is 3.16. The summed E-state index contributed by atoms with van der Waals surface area (Å²) in [6.07, 6.45) is 1.78. The van der Waals surface area contributed by atoms with Crippen LogP contribution in [0.5, 0.6) is 0 Å². The lowest BCUT2D eigenvalue weighted by Gasteiger charge is -2.40. The highest BCUT2D eigenvalue weighted by molar-refractivity contribution is 5.18. The Labute approximate surface area is 194 Å². The van der Waals surface area contributed by atoms with E-state index in [4.69, 9.17) is 23.7 Å². The molecule has 5 rings (SSSR count). The van der Waals surface area contributed by atoms with Crippen LogP contribution in [0.15, 0.2) is 103 Å². The molecule has 2 aliphatic rings. The van der Waals surface area contributed by atoms with Crippen molar-refractivity contribution >= 4 is 0 Å². The predicted octanol–water partition coefficient (Wildman–Crippen LogP) is 5.18. The standard InChI is InChI=1S/C28H28O5/c1-4-10-21(11-5-1)18-30-24-16-17-29-25-20-32-28(23-14-8-3-9-15-23)33-27(25)26(24)31-19-22-12-6-2-7-13-22/h1-17,24-28H,18-20H2/t24-,25+,26+,27+,28?/m0/s1. The van der Waals surface area contributed by atoms with Gasteiger partial charge in [-0.25, -0.2) is 0 Å². The second-order valence-electron chi connectivity index (χ2n) is 8.20. The number of hydrogen-bond acceptors (Lipinski definition) is 5. The van der Waals surface area contributed by atoms with Crippen LogP contribution in [0.1, 0.15) is 23.0 Å². The molecule has 5 nitrogen and oxygen atoms in total. The van der Waals surface area contributed by atoms with Crippen LogP contribution in [0.4, 0.5) is 0 Å². The third-order valence-corrected chi connectivity index (χ3v) is 5.87. The maximum atomic E-state index is 6.47. The second kappa shape index (κ2) is 10.8. The highest BCUT2D eigenvalue weighted by Crippen LogP contribution is 2.33. The van der Waals surface area contributed by atoms with Crippen molar-refractivity contribution in [3.8, 4) is 0 Å². The molecule has 0 bridgehead atoms. The van der Waals surface area contributed by atoms with Crippen LogP contribution in [0, 0.1) is 0 Å². The minimum Gasteiger partial charge on any atom is -0.493 e. The quantitative estimate of drug-likeness (QED) is 0.502. The van der Waals surface area contributed by atoms with Crippen molar-refractivity contribution in [3.05, 3.63) is 120 Å². The molecule has 5 heteroatoms. The van der Waals surface area contributed by atoms with Crippen LogP contribution in [-0.2, 0) is 36.9 Å².